The summed E-state index contributed by atoms with van der Waals surface area (Å²) in [5.41, 5.74) is 1.18. The minimum Gasteiger partial charge on any atom is -0.477 e. The number of hydrogen-bond donors (Lipinski definition) is 1. The van der Waals surface area contributed by atoms with E-state index in [4.69, 9.17) is 19.4 Å². The van der Waals surface area contributed by atoms with Crippen LogP contribution in [0.15, 0.2) is 24.0 Å². The number of ether oxygens (including phenoxy) is 2. The van der Waals surface area contributed by atoms with Gasteiger partial charge in [0.25, 0.3) is 0 Å². The average Bonchev–Trinajstić information content (AvgIpc) is 3.12. The number of halogens is 3. The van der Waals surface area contributed by atoms with Crippen molar-refractivity contribution in [2.75, 3.05) is 26.3 Å². The Labute approximate surface area is 187 Å². The van der Waals surface area contributed by atoms with Gasteiger partial charge in [-0.2, -0.15) is 13.2 Å². The standard InChI is InChI=1S/C18H24N4O2S.C2HF3O2/c1-14-11-25-17(21-14)10-22-12-18(13-22)8-15(3-7-24-18)2-6-23-16-9-19-4-5-20-16;3-2(4,5)1(6)7/h4-5,9,11,15H,2-3,6-8,10,12-13H2,1H3;(H,6,7). The van der Waals surface area contributed by atoms with Gasteiger partial charge in [-0.25, -0.2) is 14.8 Å². The van der Waals surface area contributed by atoms with Gasteiger partial charge in [0.2, 0.25) is 5.88 Å². The van der Waals surface area contributed by atoms with Crippen molar-refractivity contribution in [1.29, 1.82) is 0 Å². The van der Waals surface area contributed by atoms with Crippen LogP contribution in [0.4, 0.5) is 13.2 Å². The predicted octanol–water partition coefficient (Wildman–Crippen LogP) is 3.32. The molecule has 0 saturated carbocycles. The van der Waals surface area contributed by atoms with E-state index in [1.54, 1.807) is 29.9 Å². The third-order valence-electron chi connectivity index (χ3n) is 5.20. The van der Waals surface area contributed by atoms with E-state index in [1.165, 1.54) is 5.01 Å². The van der Waals surface area contributed by atoms with Crippen LogP contribution in [0.2, 0.25) is 0 Å². The molecule has 176 valence electrons. The van der Waals surface area contributed by atoms with E-state index in [1.807, 2.05) is 0 Å². The van der Waals surface area contributed by atoms with E-state index in [2.05, 4.69) is 32.2 Å². The summed E-state index contributed by atoms with van der Waals surface area (Å²) in [6.45, 7) is 6.60. The number of aliphatic carboxylic acids is 1. The van der Waals surface area contributed by atoms with E-state index >= 15 is 0 Å². The molecular weight excluding hydrogens is 449 g/mol. The zero-order chi connectivity index (χ0) is 23.2. The summed E-state index contributed by atoms with van der Waals surface area (Å²) in [4.78, 5) is 24.1. The second-order valence-electron chi connectivity index (χ2n) is 7.90. The first kappa shape index (κ1) is 24.3. The van der Waals surface area contributed by atoms with E-state index in [-0.39, 0.29) is 5.60 Å². The minimum atomic E-state index is -5.08. The van der Waals surface area contributed by atoms with Gasteiger partial charge >= 0.3 is 12.1 Å². The molecule has 2 saturated heterocycles. The molecule has 2 aromatic rings. The quantitative estimate of drug-likeness (QED) is 0.681. The molecule has 2 fully saturated rings. The summed E-state index contributed by atoms with van der Waals surface area (Å²) in [6, 6.07) is 0. The molecule has 2 aliphatic rings. The predicted molar refractivity (Wildman–Crippen MR) is 109 cm³/mol. The molecule has 32 heavy (non-hydrogen) atoms. The van der Waals surface area contributed by atoms with Crippen molar-refractivity contribution in [3.05, 3.63) is 34.7 Å². The molecule has 0 aromatic carbocycles. The Morgan fingerprint density at radius 2 is 2.16 bits per heavy atom. The highest BCUT2D eigenvalue weighted by Crippen LogP contribution is 2.38. The van der Waals surface area contributed by atoms with Crippen molar-refractivity contribution >= 4 is 17.3 Å². The lowest BCUT2D eigenvalue weighted by molar-refractivity contribution is -0.192. The third-order valence-corrected chi connectivity index (χ3v) is 6.15. The molecule has 1 spiro atoms. The lowest BCUT2D eigenvalue weighted by Crippen LogP contribution is -2.64. The van der Waals surface area contributed by atoms with Gasteiger partial charge in [0, 0.05) is 43.2 Å². The van der Waals surface area contributed by atoms with Crippen molar-refractivity contribution < 1.29 is 32.5 Å². The SMILES string of the molecule is Cc1csc(CN2CC3(CC(CCOc4cnccn4)CCO3)C2)n1.O=C(O)C(F)(F)F. The maximum Gasteiger partial charge on any atom is 0.490 e. The Hall–Kier alpha value is -2.31. The highest BCUT2D eigenvalue weighted by atomic mass is 32.1. The molecule has 0 bridgehead atoms. The number of carboxylic acids is 1. The van der Waals surface area contributed by atoms with Gasteiger partial charge < -0.3 is 14.6 Å². The molecule has 1 atom stereocenters. The maximum absolute atomic E-state index is 10.6. The minimum absolute atomic E-state index is 0.0573. The Bertz CT molecular complexity index is 875. The fraction of sp³-hybridized carbons (Fsp3) is 0.600. The molecular formula is C20H25F3N4O4S. The number of carboxylic acid groups (broad SMARTS) is 1. The van der Waals surface area contributed by atoms with Crippen molar-refractivity contribution in [2.24, 2.45) is 5.92 Å². The van der Waals surface area contributed by atoms with E-state index in [0.717, 1.165) is 51.2 Å². The highest BCUT2D eigenvalue weighted by molar-refractivity contribution is 7.09. The van der Waals surface area contributed by atoms with Crippen LogP contribution >= 0.6 is 11.3 Å². The topological polar surface area (TPSA) is 97.7 Å². The molecule has 2 aromatic heterocycles. The molecule has 1 N–H and O–H groups in total. The van der Waals surface area contributed by atoms with Crippen LogP contribution < -0.4 is 4.74 Å². The Morgan fingerprint density at radius 3 is 2.75 bits per heavy atom. The number of thiazole rings is 1. The lowest BCUT2D eigenvalue weighted by atomic mass is 9.79. The number of carbonyl (C=O) groups is 1. The first-order valence-electron chi connectivity index (χ1n) is 10.1. The van der Waals surface area contributed by atoms with Gasteiger partial charge in [-0.1, -0.05) is 0 Å². The van der Waals surface area contributed by atoms with Gasteiger partial charge in [0.1, 0.15) is 5.01 Å². The molecule has 8 nitrogen and oxygen atoms in total. The molecule has 4 heterocycles. The summed E-state index contributed by atoms with van der Waals surface area (Å²) in [7, 11) is 0. The summed E-state index contributed by atoms with van der Waals surface area (Å²) in [5.74, 6) is -1.49. The zero-order valence-electron chi connectivity index (χ0n) is 17.5. The van der Waals surface area contributed by atoms with Crippen molar-refractivity contribution in [2.45, 2.75) is 44.5 Å². The average molecular weight is 475 g/mol. The van der Waals surface area contributed by atoms with Crippen LogP contribution in [0, 0.1) is 12.8 Å². The highest BCUT2D eigenvalue weighted by Gasteiger charge is 2.47. The smallest absolute Gasteiger partial charge is 0.477 e. The number of alkyl halides is 3. The van der Waals surface area contributed by atoms with Gasteiger partial charge in [-0.3, -0.25) is 9.88 Å². The number of aryl methyl sites for hydroxylation is 1. The van der Waals surface area contributed by atoms with Crippen molar-refractivity contribution in [1.82, 2.24) is 19.9 Å². The van der Waals surface area contributed by atoms with Crippen LogP contribution in [0.1, 0.15) is 30.0 Å². The van der Waals surface area contributed by atoms with Crippen molar-refractivity contribution in [3.63, 3.8) is 0 Å². The summed E-state index contributed by atoms with van der Waals surface area (Å²) < 4.78 is 43.6. The van der Waals surface area contributed by atoms with E-state index in [9.17, 15) is 13.2 Å². The van der Waals surface area contributed by atoms with Gasteiger partial charge in [-0.15, -0.1) is 11.3 Å². The van der Waals surface area contributed by atoms with Gasteiger partial charge in [0.15, 0.2) is 0 Å². The van der Waals surface area contributed by atoms with Gasteiger partial charge in [-0.05, 0) is 32.1 Å². The second-order valence-corrected chi connectivity index (χ2v) is 8.84. The van der Waals surface area contributed by atoms with E-state index < -0.39 is 12.1 Å². The van der Waals surface area contributed by atoms with Crippen molar-refractivity contribution in [3.8, 4) is 5.88 Å². The number of hydrogen-bond acceptors (Lipinski definition) is 8. The first-order valence-corrected chi connectivity index (χ1v) is 11.0. The summed E-state index contributed by atoms with van der Waals surface area (Å²) in [5, 5.41) is 10.5. The molecule has 0 amide bonds. The first-order chi connectivity index (χ1) is 15.2. The normalized spacial score (nSPS) is 20.2. The Kier molecular flexibility index (Phi) is 8.01. The number of aromatic nitrogens is 3. The van der Waals surface area contributed by atoms with Crippen LogP contribution in [0.25, 0.3) is 0 Å². The molecule has 2 aliphatic heterocycles. The van der Waals surface area contributed by atoms with Crippen LogP contribution in [0.5, 0.6) is 5.88 Å². The number of likely N-dealkylation sites (tertiary alicyclic amines) is 1. The Balaban J connectivity index is 0.000000360. The maximum atomic E-state index is 10.6. The fourth-order valence-electron chi connectivity index (χ4n) is 3.83. The molecule has 4 rings (SSSR count). The number of rotatable bonds is 6. The zero-order valence-corrected chi connectivity index (χ0v) is 18.4. The molecule has 0 radical (unpaired) electrons. The largest absolute Gasteiger partial charge is 0.490 e. The fourth-order valence-corrected chi connectivity index (χ4v) is 4.65. The van der Waals surface area contributed by atoms with Crippen LogP contribution in [-0.4, -0.2) is 69.0 Å². The molecule has 0 aliphatic carbocycles. The van der Waals surface area contributed by atoms with Gasteiger partial charge in [0.05, 0.1) is 24.9 Å². The second kappa shape index (κ2) is 10.5. The summed E-state index contributed by atoms with van der Waals surface area (Å²) in [6.07, 6.45) is 3.20. The van der Waals surface area contributed by atoms with Crippen LogP contribution in [-0.2, 0) is 16.1 Å². The number of nitrogens with zero attached hydrogens (tertiary/aromatic N) is 4. The van der Waals surface area contributed by atoms with E-state index in [0.29, 0.717) is 18.4 Å². The monoisotopic (exact) mass is 474 g/mol. The summed E-state index contributed by atoms with van der Waals surface area (Å²) >= 11 is 1.75. The third kappa shape index (κ3) is 7.10. The lowest BCUT2D eigenvalue weighted by Gasteiger charge is -2.53. The molecule has 1 unspecified atom stereocenters. The molecule has 12 heteroatoms. The van der Waals surface area contributed by atoms with Crippen LogP contribution in [0.3, 0.4) is 0 Å². The Morgan fingerprint density at radius 1 is 1.41 bits per heavy atom.